The summed E-state index contributed by atoms with van der Waals surface area (Å²) in [5.74, 6) is -6.54. The number of aromatic amines is 1. The van der Waals surface area contributed by atoms with Gasteiger partial charge in [-0.05, 0) is 25.1 Å². The van der Waals surface area contributed by atoms with E-state index in [0.717, 1.165) is 11.9 Å². The molecule has 1 aromatic carbocycles. The summed E-state index contributed by atoms with van der Waals surface area (Å²) < 4.78 is 80.4. The molecule has 10 nitrogen and oxygen atoms in total. The van der Waals surface area contributed by atoms with Crippen molar-refractivity contribution in [2.24, 2.45) is 13.0 Å². The summed E-state index contributed by atoms with van der Waals surface area (Å²) in [6.07, 6.45) is -2.58. The van der Waals surface area contributed by atoms with Crippen LogP contribution in [0.5, 0.6) is 0 Å². The first-order chi connectivity index (χ1) is 17.7. The molecule has 3 N–H and O–H groups in total. The molecule has 3 aromatic heterocycles. The zero-order chi connectivity index (χ0) is 27.6. The summed E-state index contributed by atoms with van der Waals surface area (Å²) in [6, 6.07) is 7.52. The molecule has 1 amide bonds. The number of fused-ring (bicyclic) bond motifs is 1. The number of aryl methyl sites for hydroxylation is 2. The van der Waals surface area contributed by atoms with E-state index in [1.165, 1.54) is 18.2 Å². The number of hydrogen-bond donors (Lipinski definition) is 3. The predicted molar refractivity (Wildman–Crippen MR) is 130 cm³/mol. The minimum absolute atomic E-state index is 0.0161. The van der Waals surface area contributed by atoms with Crippen molar-refractivity contribution >= 4 is 44.1 Å². The smallest absolute Gasteiger partial charge is 0.295 e. The van der Waals surface area contributed by atoms with Crippen molar-refractivity contribution in [3.8, 4) is 11.3 Å². The van der Waals surface area contributed by atoms with E-state index in [1.807, 2.05) is 6.92 Å². The summed E-state index contributed by atoms with van der Waals surface area (Å²) in [4.78, 5) is 22.3. The fourth-order valence-corrected chi connectivity index (χ4v) is 4.78. The highest BCUT2D eigenvalue weighted by Gasteiger charge is 2.61. The number of sulfone groups is 1. The molecule has 1 aliphatic rings. The van der Waals surface area contributed by atoms with Gasteiger partial charge in [0.25, 0.3) is 12.3 Å². The number of anilines is 3. The van der Waals surface area contributed by atoms with E-state index in [0.29, 0.717) is 11.3 Å². The Kier molecular flexibility index (Phi) is 5.93. The Morgan fingerprint density at radius 3 is 2.47 bits per heavy atom. The van der Waals surface area contributed by atoms with Gasteiger partial charge in [-0.2, -0.15) is 5.10 Å². The monoisotopic (exact) mass is 551 g/mol. The number of benzene rings is 1. The number of hydrogen-bond acceptors (Lipinski definition) is 7. The third-order valence-electron chi connectivity index (χ3n) is 6.13. The lowest BCUT2D eigenvalue weighted by Gasteiger charge is -2.14. The normalized spacial score (nSPS) is 16.7. The maximum absolute atomic E-state index is 13.3. The van der Waals surface area contributed by atoms with E-state index < -0.39 is 46.3 Å². The maximum Gasteiger partial charge on any atom is 0.295 e. The molecule has 0 spiro atoms. The molecule has 0 bridgehead atoms. The van der Waals surface area contributed by atoms with E-state index in [-0.39, 0.29) is 33.3 Å². The molecular formula is C23H21F4N7O3S. The fourth-order valence-electron chi connectivity index (χ4n) is 3.92. The SMILES string of the molecule is Cc1cc(-c2ccc(Nc3cc(NC(=O)[C@H]4CC4(F)F)nc4[nH]c(C(F)F)nc34)c(S(C)(=O)=O)c2)nn1C. The average molecular weight is 552 g/mol. The molecule has 15 heteroatoms. The number of pyridine rings is 1. The Bertz CT molecular complexity index is 1680. The lowest BCUT2D eigenvalue weighted by molar-refractivity contribution is -0.119. The quantitative estimate of drug-likeness (QED) is 0.291. The topological polar surface area (TPSA) is 135 Å². The maximum atomic E-state index is 13.3. The Labute approximate surface area is 213 Å². The number of amides is 1. The summed E-state index contributed by atoms with van der Waals surface area (Å²) in [7, 11) is -2.06. The number of alkyl halides is 4. The van der Waals surface area contributed by atoms with Gasteiger partial charge in [0.15, 0.2) is 21.3 Å². The van der Waals surface area contributed by atoms with Crippen molar-refractivity contribution in [3.05, 3.63) is 41.9 Å². The van der Waals surface area contributed by atoms with Crippen molar-refractivity contribution in [2.75, 3.05) is 16.9 Å². The zero-order valence-electron chi connectivity index (χ0n) is 20.2. The summed E-state index contributed by atoms with van der Waals surface area (Å²) >= 11 is 0. The van der Waals surface area contributed by atoms with E-state index >= 15 is 0 Å². The van der Waals surface area contributed by atoms with Crippen LogP contribution in [-0.2, 0) is 21.7 Å². The summed E-state index contributed by atoms with van der Waals surface area (Å²) in [5.41, 5.74) is 1.80. The highest BCUT2D eigenvalue weighted by atomic mass is 32.2. The molecule has 0 unspecified atom stereocenters. The Morgan fingerprint density at radius 1 is 1.18 bits per heavy atom. The molecular weight excluding hydrogens is 530 g/mol. The van der Waals surface area contributed by atoms with Gasteiger partial charge in [0, 0.05) is 37.0 Å². The van der Waals surface area contributed by atoms with Crippen LogP contribution in [0.3, 0.4) is 0 Å². The van der Waals surface area contributed by atoms with Crippen LogP contribution < -0.4 is 10.6 Å². The molecule has 0 aliphatic heterocycles. The first kappa shape index (κ1) is 25.6. The van der Waals surface area contributed by atoms with Gasteiger partial charge in [-0.15, -0.1) is 0 Å². The molecule has 5 rings (SSSR count). The standard InChI is InChI=1S/C23H21F4N7O3S/c1-10-6-14(33-34(10)2)11-4-5-13(16(7-11)38(3,36)37)28-15-8-17(30-22(35)12-9-23(12,26)27)29-20-18(15)31-21(32-20)19(24)25/h4-8,12,19H,9H2,1-3H3,(H3,28,29,30,31,32,35)/t12-/m1/s1. The molecule has 0 radical (unpaired) electrons. The van der Waals surface area contributed by atoms with Crippen molar-refractivity contribution in [1.82, 2.24) is 24.7 Å². The summed E-state index contributed by atoms with van der Waals surface area (Å²) in [5, 5.41) is 9.50. The van der Waals surface area contributed by atoms with E-state index in [1.54, 1.807) is 23.9 Å². The number of imidazole rings is 1. The first-order valence-electron chi connectivity index (χ1n) is 11.2. The zero-order valence-corrected chi connectivity index (χ0v) is 21.0. The number of rotatable bonds is 7. The number of halogens is 4. The molecule has 3 heterocycles. The van der Waals surface area contributed by atoms with Crippen molar-refractivity contribution < 1.29 is 30.8 Å². The molecule has 1 aliphatic carbocycles. The van der Waals surface area contributed by atoms with E-state index in [2.05, 4.69) is 30.7 Å². The van der Waals surface area contributed by atoms with Crippen LogP contribution in [0, 0.1) is 12.8 Å². The second-order valence-electron chi connectivity index (χ2n) is 9.08. The van der Waals surface area contributed by atoms with Crippen molar-refractivity contribution in [1.29, 1.82) is 0 Å². The number of aromatic nitrogens is 5. The molecule has 38 heavy (non-hydrogen) atoms. The van der Waals surface area contributed by atoms with Gasteiger partial charge >= 0.3 is 0 Å². The van der Waals surface area contributed by atoms with Crippen molar-refractivity contribution in [2.45, 2.75) is 30.6 Å². The molecule has 1 fully saturated rings. The molecule has 4 aromatic rings. The predicted octanol–water partition coefficient (Wildman–Crippen LogP) is 4.35. The first-order valence-corrected chi connectivity index (χ1v) is 13.1. The van der Waals surface area contributed by atoms with Gasteiger partial charge in [0.1, 0.15) is 17.3 Å². The van der Waals surface area contributed by atoms with Crippen LogP contribution in [0.4, 0.5) is 34.8 Å². The van der Waals surface area contributed by atoms with Gasteiger partial charge < -0.3 is 15.6 Å². The van der Waals surface area contributed by atoms with E-state index in [4.69, 9.17) is 0 Å². The van der Waals surface area contributed by atoms with Gasteiger partial charge in [0.2, 0.25) is 5.91 Å². The third-order valence-corrected chi connectivity index (χ3v) is 7.27. The Morgan fingerprint density at radius 2 is 1.89 bits per heavy atom. The van der Waals surface area contributed by atoms with Gasteiger partial charge in [-0.1, -0.05) is 6.07 Å². The third kappa shape index (κ3) is 4.80. The Balaban J connectivity index is 1.57. The minimum Gasteiger partial charge on any atom is -0.352 e. The minimum atomic E-state index is -3.81. The van der Waals surface area contributed by atoms with Gasteiger partial charge in [0.05, 0.1) is 22.0 Å². The fraction of sp³-hybridized carbons (Fsp3) is 0.304. The van der Waals surface area contributed by atoms with Crippen LogP contribution in [0.1, 0.15) is 24.4 Å². The number of H-pyrrole nitrogens is 1. The molecule has 0 saturated heterocycles. The second-order valence-corrected chi connectivity index (χ2v) is 11.1. The average Bonchev–Trinajstić information content (AvgIpc) is 3.12. The van der Waals surface area contributed by atoms with E-state index in [9.17, 15) is 30.8 Å². The van der Waals surface area contributed by atoms with Crippen LogP contribution in [0.2, 0.25) is 0 Å². The number of nitrogens with one attached hydrogen (secondary N) is 3. The van der Waals surface area contributed by atoms with Gasteiger partial charge in [-0.3, -0.25) is 9.48 Å². The van der Waals surface area contributed by atoms with Crippen LogP contribution in [0.15, 0.2) is 35.2 Å². The molecule has 1 saturated carbocycles. The highest BCUT2D eigenvalue weighted by Crippen LogP contribution is 2.49. The molecule has 200 valence electrons. The lowest BCUT2D eigenvalue weighted by Crippen LogP contribution is -2.18. The van der Waals surface area contributed by atoms with Crippen molar-refractivity contribution in [3.63, 3.8) is 0 Å². The summed E-state index contributed by atoms with van der Waals surface area (Å²) in [6.45, 7) is 1.84. The Hall–Kier alpha value is -4.01. The van der Waals surface area contributed by atoms with Gasteiger partial charge in [-0.25, -0.2) is 35.9 Å². The number of carbonyl (C=O) groups is 1. The second kappa shape index (κ2) is 8.79. The molecule has 1 atom stereocenters. The van der Waals surface area contributed by atoms with Crippen LogP contribution >= 0.6 is 0 Å². The lowest BCUT2D eigenvalue weighted by atomic mass is 10.1. The number of carbonyl (C=O) groups excluding carboxylic acids is 1. The van der Waals surface area contributed by atoms with Crippen LogP contribution in [-0.4, -0.2) is 51.2 Å². The highest BCUT2D eigenvalue weighted by molar-refractivity contribution is 7.90. The van der Waals surface area contributed by atoms with Crippen LogP contribution in [0.25, 0.3) is 22.4 Å². The number of nitrogens with zero attached hydrogens (tertiary/aromatic N) is 4. The largest absolute Gasteiger partial charge is 0.352 e.